The van der Waals surface area contributed by atoms with E-state index in [2.05, 4.69) is 21.6 Å². The second-order valence-electron chi connectivity index (χ2n) is 4.60. The van der Waals surface area contributed by atoms with Crippen molar-refractivity contribution in [1.82, 2.24) is 20.2 Å². The first-order valence-electron chi connectivity index (χ1n) is 6.13. The normalized spacial score (nSPS) is 10.6. The highest BCUT2D eigenvalue weighted by molar-refractivity contribution is 5.66. The summed E-state index contributed by atoms with van der Waals surface area (Å²) in [5.74, 6) is -0.127. The summed E-state index contributed by atoms with van der Waals surface area (Å²) in [4.78, 5) is 10.5. The van der Waals surface area contributed by atoms with Crippen molar-refractivity contribution in [2.24, 2.45) is 0 Å². The van der Waals surface area contributed by atoms with E-state index in [9.17, 15) is 4.79 Å². The van der Waals surface area contributed by atoms with Crippen molar-refractivity contribution >= 4 is 5.97 Å². The molecule has 19 heavy (non-hydrogen) atoms. The van der Waals surface area contributed by atoms with Gasteiger partial charge in [-0.2, -0.15) is 0 Å². The number of aromatic nitrogens is 4. The lowest BCUT2D eigenvalue weighted by atomic mass is 10.1. The molecule has 100 valence electrons. The number of aliphatic carboxylic acids is 1. The SMILES string of the molecule is Cc1cc(C)cc(-c2nnnn2CCCC(=O)O)c1. The standard InChI is InChI=1S/C13H16N4O2/c1-9-6-10(2)8-11(7-9)13-14-15-16-17(13)5-3-4-12(18)19/h6-8H,3-5H2,1-2H3,(H,18,19). The van der Waals surface area contributed by atoms with Gasteiger partial charge < -0.3 is 5.11 Å². The smallest absolute Gasteiger partial charge is 0.303 e. The van der Waals surface area contributed by atoms with E-state index < -0.39 is 5.97 Å². The first kappa shape index (κ1) is 13.2. The summed E-state index contributed by atoms with van der Waals surface area (Å²) >= 11 is 0. The van der Waals surface area contributed by atoms with Gasteiger partial charge in [-0.15, -0.1) is 5.10 Å². The summed E-state index contributed by atoms with van der Waals surface area (Å²) in [5.41, 5.74) is 3.25. The molecule has 0 aliphatic carbocycles. The highest BCUT2D eigenvalue weighted by Crippen LogP contribution is 2.19. The molecule has 0 aliphatic rings. The van der Waals surface area contributed by atoms with Gasteiger partial charge in [0, 0.05) is 18.5 Å². The van der Waals surface area contributed by atoms with Crippen LogP contribution in [0.2, 0.25) is 0 Å². The quantitative estimate of drug-likeness (QED) is 0.886. The van der Waals surface area contributed by atoms with Gasteiger partial charge in [-0.3, -0.25) is 4.79 Å². The van der Waals surface area contributed by atoms with Crippen LogP contribution in [0.25, 0.3) is 11.4 Å². The molecule has 0 radical (unpaired) electrons. The van der Waals surface area contributed by atoms with Crippen LogP contribution in [0.5, 0.6) is 0 Å². The minimum absolute atomic E-state index is 0.117. The lowest BCUT2D eigenvalue weighted by Crippen LogP contribution is -2.05. The maximum absolute atomic E-state index is 10.5. The van der Waals surface area contributed by atoms with Crippen molar-refractivity contribution in [1.29, 1.82) is 0 Å². The molecule has 0 spiro atoms. The van der Waals surface area contributed by atoms with E-state index in [0.717, 1.165) is 16.7 Å². The minimum atomic E-state index is -0.805. The molecular weight excluding hydrogens is 244 g/mol. The zero-order valence-electron chi connectivity index (χ0n) is 11.0. The lowest BCUT2D eigenvalue weighted by molar-refractivity contribution is -0.137. The molecule has 1 N–H and O–H groups in total. The lowest BCUT2D eigenvalue weighted by Gasteiger charge is -2.06. The average molecular weight is 260 g/mol. The molecule has 1 aromatic carbocycles. The fourth-order valence-corrected chi connectivity index (χ4v) is 2.05. The Morgan fingerprint density at radius 3 is 2.58 bits per heavy atom. The van der Waals surface area contributed by atoms with Crippen molar-refractivity contribution in [2.75, 3.05) is 0 Å². The van der Waals surface area contributed by atoms with Crippen molar-refractivity contribution in [3.63, 3.8) is 0 Å². The van der Waals surface area contributed by atoms with Gasteiger partial charge in [-0.1, -0.05) is 17.2 Å². The van der Waals surface area contributed by atoms with E-state index in [1.54, 1.807) is 4.68 Å². The summed E-state index contributed by atoms with van der Waals surface area (Å²) < 4.78 is 1.65. The summed E-state index contributed by atoms with van der Waals surface area (Å²) in [5, 5.41) is 20.2. The van der Waals surface area contributed by atoms with Crippen LogP contribution in [-0.2, 0) is 11.3 Å². The van der Waals surface area contributed by atoms with Gasteiger partial charge in [0.05, 0.1) is 0 Å². The Hall–Kier alpha value is -2.24. The molecule has 6 nitrogen and oxygen atoms in total. The number of benzene rings is 1. The highest BCUT2D eigenvalue weighted by Gasteiger charge is 2.10. The molecule has 0 aliphatic heterocycles. The minimum Gasteiger partial charge on any atom is -0.481 e. The average Bonchev–Trinajstić information content (AvgIpc) is 2.75. The summed E-state index contributed by atoms with van der Waals surface area (Å²) in [7, 11) is 0. The Morgan fingerprint density at radius 2 is 1.95 bits per heavy atom. The van der Waals surface area contributed by atoms with Gasteiger partial charge in [0.15, 0.2) is 5.82 Å². The number of tetrazole rings is 1. The summed E-state index contributed by atoms with van der Waals surface area (Å²) in [6.45, 7) is 4.55. The van der Waals surface area contributed by atoms with Crippen molar-refractivity contribution in [2.45, 2.75) is 33.2 Å². The van der Waals surface area contributed by atoms with Crippen molar-refractivity contribution < 1.29 is 9.90 Å². The van der Waals surface area contributed by atoms with Gasteiger partial charge in [0.25, 0.3) is 0 Å². The van der Waals surface area contributed by atoms with Crippen LogP contribution < -0.4 is 0 Å². The van der Waals surface area contributed by atoms with E-state index >= 15 is 0 Å². The van der Waals surface area contributed by atoms with Gasteiger partial charge in [0.2, 0.25) is 0 Å². The Morgan fingerprint density at radius 1 is 1.26 bits per heavy atom. The van der Waals surface area contributed by atoms with Crippen LogP contribution in [0.1, 0.15) is 24.0 Å². The number of carboxylic acid groups (broad SMARTS) is 1. The van der Waals surface area contributed by atoms with E-state index in [0.29, 0.717) is 18.8 Å². The first-order valence-corrected chi connectivity index (χ1v) is 6.13. The number of hydrogen-bond donors (Lipinski definition) is 1. The number of carbonyl (C=O) groups is 1. The van der Waals surface area contributed by atoms with E-state index in [-0.39, 0.29) is 6.42 Å². The molecule has 0 fully saturated rings. The van der Waals surface area contributed by atoms with E-state index in [4.69, 9.17) is 5.11 Å². The third kappa shape index (κ3) is 3.37. The highest BCUT2D eigenvalue weighted by atomic mass is 16.4. The molecule has 2 aromatic rings. The number of hydrogen-bond acceptors (Lipinski definition) is 4. The Kier molecular flexibility index (Phi) is 3.89. The predicted molar refractivity (Wildman–Crippen MR) is 69.6 cm³/mol. The third-order valence-corrected chi connectivity index (χ3v) is 2.77. The first-order chi connectivity index (χ1) is 9.06. The van der Waals surface area contributed by atoms with Gasteiger partial charge in [-0.05, 0) is 42.8 Å². The number of aryl methyl sites for hydroxylation is 3. The van der Waals surface area contributed by atoms with Crippen LogP contribution in [0.3, 0.4) is 0 Å². The zero-order valence-corrected chi connectivity index (χ0v) is 11.0. The molecule has 0 unspecified atom stereocenters. The van der Waals surface area contributed by atoms with E-state index in [1.807, 2.05) is 26.0 Å². The second kappa shape index (κ2) is 5.60. The topological polar surface area (TPSA) is 80.9 Å². The molecule has 0 atom stereocenters. The van der Waals surface area contributed by atoms with Crippen LogP contribution in [0, 0.1) is 13.8 Å². The monoisotopic (exact) mass is 260 g/mol. The predicted octanol–water partition coefficient (Wildman–Crippen LogP) is 1.82. The molecule has 0 amide bonds. The maximum atomic E-state index is 10.5. The molecule has 2 rings (SSSR count). The Balaban J connectivity index is 2.21. The summed E-state index contributed by atoms with van der Waals surface area (Å²) in [6.07, 6.45) is 0.629. The van der Waals surface area contributed by atoms with E-state index in [1.165, 1.54) is 0 Å². The van der Waals surface area contributed by atoms with Crippen molar-refractivity contribution in [3.8, 4) is 11.4 Å². The molecular formula is C13H16N4O2. The fourth-order valence-electron chi connectivity index (χ4n) is 2.05. The zero-order chi connectivity index (χ0) is 13.8. The largest absolute Gasteiger partial charge is 0.481 e. The van der Waals surface area contributed by atoms with Crippen LogP contribution in [0.4, 0.5) is 0 Å². The fraction of sp³-hybridized carbons (Fsp3) is 0.385. The van der Waals surface area contributed by atoms with Gasteiger partial charge >= 0.3 is 5.97 Å². The van der Waals surface area contributed by atoms with Gasteiger partial charge in [0.1, 0.15) is 0 Å². The van der Waals surface area contributed by atoms with Crippen LogP contribution in [0.15, 0.2) is 18.2 Å². The number of carboxylic acids is 1. The van der Waals surface area contributed by atoms with Gasteiger partial charge in [-0.25, -0.2) is 4.68 Å². The molecule has 0 saturated carbocycles. The molecule has 6 heteroatoms. The third-order valence-electron chi connectivity index (χ3n) is 2.77. The van der Waals surface area contributed by atoms with Crippen LogP contribution >= 0.6 is 0 Å². The molecule has 0 bridgehead atoms. The maximum Gasteiger partial charge on any atom is 0.303 e. The Labute approximate surface area is 111 Å². The van der Waals surface area contributed by atoms with Crippen LogP contribution in [-0.4, -0.2) is 31.3 Å². The molecule has 0 saturated heterocycles. The summed E-state index contributed by atoms with van der Waals surface area (Å²) in [6, 6.07) is 6.13. The second-order valence-corrected chi connectivity index (χ2v) is 4.60. The Bertz CT molecular complexity index is 572. The number of nitrogens with zero attached hydrogens (tertiary/aromatic N) is 4. The van der Waals surface area contributed by atoms with Crippen molar-refractivity contribution in [3.05, 3.63) is 29.3 Å². The molecule has 1 aromatic heterocycles. The molecule has 1 heterocycles. The number of rotatable bonds is 5.